The van der Waals surface area contributed by atoms with Gasteiger partial charge < -0.3 is 19.9 Å². The summed E-state index contributed by atoms with van der Waals surface area (Å²) < 4.78 is 33.0. The predicted molar refractivity (Wildman–Crippen MR) is 125 cm³/mol. The molecular weight excluding hydrogens is 452 g/mol. The van der Waals surface area contributed by atoms with Crippen LogP contribution in [0.2, 0.25) is 5.02 Å². The molecule has 2 aliphatic rings. The Kier molecular flexibility index (Phi) is 7.02. The number of sulfonamides is 1. The second kappa shape index (κ2) is 9.76. The average molecular weight is 479 g/mol. The molecule has 0 radical (unpaired) electrons. The van der Waals surface area contributed by atoms with Crippen LogP contribution in [0, 0.1) is 0 Å². The first-order valence-corrected chi connectivity index (χ1v) is 12.4. The Balaban J connectivity index is 1.48. The number of rotatable bonds is 5. The highest BCUT2D eigenvalue weighted by Crippen LogP contribution is 2.27. The van der Waals surface area contributed by atoms with E-state index in [0.717, 1.165) is 18.8 Å². The number of carbonyl (C=O) groups is 1. The molecule has 2 fully saturated rings. The van der Waals surface area contributed by atoms with E-state index in [1.165, 1.54) is 22.5 Å². The third-order valence-electron chi connectivity index (χ3n) is 5.77. The first-order valence-electron chi connectivity index (χ1n) is 10.6. The third-order valence-corrected chi connectivity index (χ3v) is 8.16. The van der Waals surface area contributed by atoms with Crippen molar-refractivity contribution in [2.45, 2.75) is 4.90 Å². The number of anilines is 2. The highest BCUT2D eigenvalue weighted by atomic mass is 35.5. The Bertz CT molecular complexity index is 1060. The monoisotopic (exact) mass is 478 g/mol. The number of carbonyl (C=O) groups excluding carboxylic acids is 1. The summed E-state index contributed by atoms with van der Waals surface area (Å²) in [4.78, 5) is 17.1. The number of nitrogens with one attached hydrogen (secondary N) is 1. The molecule has 172 valence electrons. The standard InChI is InChI=1S/C22H27ClN4O4S/c1-25-8-10-27(11-9-25)32(29,30)21-16-17(2-7-20(21)23)22(28)24-18-3-5-19(6-4-18)26-12-14-31-15-13-26/h2-7,16H,8-15H2,1H3,(H,24,28). The summed E-state index contributed by atoms with van der Waals surface area (Å²) in [5.74, 6) is -0.393. The lowest BCUT2D eigenvalue weighted by Gasteiger charge is -2.31. The van der Waals surface area contributed by atoms with Crippen LogP contribution in [0.4, 0.5) is 11.4 Å². The van der Waals surface area contributed by atoms with Crippen molar-refractivity contribution in [2.24, 2.45) is 0 Å². The molecule has 0 aromatic heterocycles. The zero-order chi connectivity index (χ0) is 22.7. The molecule has 0 aliphatic carbocycles. The molecule has 0 saturated carbocycles. The number of hydrogen-bond acceptors (Lipinski definition) is 6. The van der Waals surface area contributed by atoms with Crippen molar-refractivity contribution in [3.63, 3.8) is 0 Å². The van der Waals surface area contributed by atoms with Gasteiger partial charge in [-0.25, -0.2) is 8.42 Å². The van der Waals surface area contributed by atoms with Gasteiger partial charge in [-0.15, -0.1) is 0 Å². The normalized spacial score (nSPS) is 18.5. The van der Waals surface area contributed by atoms with Gasteiger partial charge in [0.1, 0.15) is 4.90 Å². The Morgan fingerprint density at radius 3 is 2.28 bits per heavy atom. The van der Waals surface area contributed by atoms with Crippen LogP contribution in [-0.2, 0) is 14.8 Å². The van der Waals surface area contributed by atoms with E-state index in [-0.39, 0.29) is 15.5 Å². The molecule has 0 spiro atoms. The number of nitrogens with zero attached hydrogens (tertiary/aromatic N) is 3. The van der Waals surface area contributed by atoms with Gasteiger partial charge in [0.05, 0.1) is 18.2 Å². The van der Waals surface area contributed by atoms with Crippen LogP contribution in [0.1, 0.15) is 10.4 Å². The van der Waals surface area contributed by atoms with Crippen LogP contribution in [-0.4, -0.2) is 83.1 Å². The Morgan fingerprint density at radius 2 is 1.62 bits per heavy atom. The van der Waals surface area contributed by atoms with Gasteiger partial charge in [0.2, 0.25) is 10.0 Å². The molecule has 8 nitrogen and oxygen atoms in total. The minimum Gasteiger partial charge on any atom is -0.378 e. The van der Waals surface area contributed by atoms with Crippen LogP contribution in [0.3, 0.4) is 0 Å². The van der Waals surface area contributed by atoms with E-state index in [2.05, 4.69) is 15.1 Å². The summed E-state index contributed by atoms with van der Waals surface area (Å²) in [7, 11) is -1.83. The summed E-state index contributed by atoms with van der Waals surface area (Å²) in [5, 5.41) is 2.94. The van der Waals surface area contributed by atoms with Crippen LogP contribution in [0.15, 0.2) is 47.4 Å². The van der Waals surface area contributed by atoms with E-state index in [0.29, 0.717) is 45.1 Å². The van der Waals surface area contributed by atoms with Crippen molar-refractivity contribution in [3.05, 3.63) is 53.1 Å². The number of halogens is 1. The summed E-state index contributed by atoms with van der Waals surface area (Å²) in [6.07, 6.45) is 0. The van der Waals surface area contributed by atoms with Gasteiger partial charge in [-0.2, -0.15) is 4.31 Å². The maximum atomic E-state index is 13.1. The van der Waals surface area contributed by atoms with Crippen LogP contribution >= 0.6 is 11.6 Å². The van der Waals surface area contributed by atoms with Gasteiger partial charge in [-0.3, -0.25) is 4.79 Å². The van der Waals surface area contributed by atoms with Gasteiger partial charge in [-0.05, 0) is 49.5 Å². The molecule has 4 rings (SSSR count). The van der Waals surface area contributed by atoms with Crippen molar-refractivity contribution in [1.82, 2.24) is 9.21 Å². The zero-order valence-electron chi connectivity index (χ0n) is 18.0. The fourth-order valence-corrected chi connectivity index (χ4v) is 5.71. The minimum absolute atomic E-state index is 0.0426. The quantitative estimate of drug-likeness (QED) is 0.710. The lowest BCUT2D eigenvalue weighted by molar-refractivity contribution is 0.102. The Labute approximate surface area is 193 Å². The van der Waals surface area contributed by atoms with Crippen molar-refractivity contribution >= 4 is 38.9 Å². The molecule has 1 amide bonds. The summed E-state index contributed by atoms with van der Waals surface area (Å²) >= 11 is 6.22. The second-order valence-corrected chi connectivity index (χ2v) is 10.3. The average Bonchev–Trinajstić information content (AvgIpc) is 2.80. The molecule has 2 aromatic rings. The van der Waals surface area contributed by atoms with Gasteiger partial charge >= 0.3 is 0 Å². The van der Waals surface area contributed by atoms with E-state index < -0.39 is 15.9 Å². The highest BCUT2D eigenvalue weighted by molar-refractivity contribution is 7.89. The lowest BCUT2D eigenvalue weighted by atomic mass is 10.2. The molecule has 2 saturated heterocycles. The molecule has 0 bridgehead atoms. The first kappa shape index (κ1) is 23.0. The highest BCUT2D eigenvalue weighted by Gasteiger charge is 2.30. The molecule has 2 aliphatic heterocycles. The topological polar surface area (TPSA) is 82.2 Å². The zero-order valence-corrected chi connectivity index (χ0v) is 19.5. The van der Waals surface area contributed by atoms with Gasteiger partial charge in [-0.1, -0.05) is 11.6 Å². The summed E-state index contributed by atoms with van der Waals surface area (Å²) in [6.45, 7) is 5.15. The van der Waals surface area contributed by atoms with Crippen molar-refractivity contribution in [1.29, 1.82) is 0 Å². The molecule has 32 heavy (non-hydrogen) atoms. The summed E-state index contributed by atoms with van der Waals surface area (Å²) in [5.41, 5.74) is 1.93. The van der Waals surface area contributed by atoms with E-state index in [4.69, 9.17) is 16.3 Å². The maximum Gasteiger partial charge on any atom is 0.255 e. The van der Waals surface area contributed by atoms with Gasteiger partial charge in [0, 0.05) is 56.2 Å². The molecule has 0 atom stereocenters. The number of likely N-dealkylation sites (N-methyl/N-ethyl adjacent to an activating group) is 1. The fourth-order valence-electron chi connectivity index (χ4n) is 3.79. The van der Waals surface area contributed by atoms with Crippen molar-refractivity contribution in [2.75, 3.05) is 69.7 Å². The fraction of sp³-hybridized carbons (Fsp3) is 0.409. The molecular formula is C22H27ClN4O4S. The molecule has 10 heteroatoms. The number of morpholine rings is 1. The van der Waals surface area contributed by atoms with Crippen LogP contribution in [0.5, 0.6) is 0 Å². The van der Waals surface area contributed by atoms with Crippen molar-refractivity contribution < 1.29 is 17.9 Å². The number of piperazine rings is 1. The van der Waals surface area contributed by atoms with E-state index in [1.54, 1.807) is 0 Å². The number of amides is 1. The van der Waals surface area contributed by atoms with Gasteiger partial charge in [0.15, 0.2) is 0 Å². The van der Waals surface area contributed by atoms with Crippen LogP contribution < -0.4 is 10.2 Å². The predicted octanol–water partition coefficient (Wildman–Crippen LogP) is 2.37. The minimum atomic E-state index is -3.78. The molecule has 0 unspecified atom stereocenters. The van der Waals surface area contributed by atoms with E-state index in [9.17, 15) is 13.2 Å². The number of ether oxygens (including phenoxy) is 1. The maximum absolute atomic E-state index is 13.1. The molecule has 2 heterocycles. The molecule has 2 aromatic carbocycles. The SMILES string of the molecule is CN1CCN(S(=O)(=O)c2cc(C(=O)Nc3ccc(N4CCOCC4)cc3)ccc2Cl)CC1. The van der Waals surface area contributed by atoms with E-state index in [1.807, 2.05) is 31.3 Å². The second-order valence-electron chi connectivity index (χ2n) is 7.95. The van der Waals surface area contributed by atoms with Crippen LogP contribution in [0.25, 0.3) is 0 Å². The van der Waals surface area contributed by atoms with Crippen molar-refractivity contribution in [3.8, 4) is 0 Å². The third kappa shape index (κ3) is 5.07. The molecule has 1 N–H and O–H groups in total. The first-order chi connectivity index (χ1) is 15.3. The number of benzene rings is 2. The number of hydrogen-bond donors (Lipinski definition) is 1. The van der Waals surface area contributed by atoms with Gasteiger partial charge in [0.25, 0.3) is 5.91 Å². The van der Waals surface area contributed by atoms with E-state index >= 15 is 0 Å². The lowest BCUT2D eigenvalue weighted by Crippen LogP contribution is -2.47. The smallest absolute Gasteiger partial charge is 0.255 e. The Morgan fingerprint density at radius 1 is 0.969 bits per heavy atom. The largest absolute Gasteiger partial charge is 0.378 e. The summed E-state index contributed by atoms with van der Waals surface area (Å²) in [6, 6.07) is 11.9. The Hall–Kier alpha value is -2.17.